The number of halogens is 1. The number of benzene rings is 2. The molecule has 0 aliphatic carbocycles. The zero-order valence-electron chi connectivity index (χ0n) is 16.5. The van der Waals surface area contributed by atoms with Crippen molar-refractivity contribution in [1.82, 2.24) is 15.4 Å². The average molecular weight is 437 g/mol. The molecule has 0 saturated carbocycles. The van der Waals surface area contributed by atoms with Crippen molar-refractivity contribution in [1.29, 1.82) is 0 Å². The van der Waals surface area contributed by atoms with Crippen LogP contribution in [0.15, 0.2) is 53.5 Å². The number of nitro groups is 1. The van der Waals surface area contributed by atoms with Crippen molar-refractivity contribution >= 4 is 21.7 Å². The summed E-state index contributed by atoms with van der Waals surface area (Å²) < 4.78 is 37.7. The van der Waals surface area contributed by atoms with Gasteiger partial charge in [-0.3, -0.25) is 10.1 Å². The highest BCUT2D eigenvalue weighted by Crippen LogP contribution is 2.12. The SMILES string of the molecule is CS(=O)(=O)NCCNC(=NCc1ccc([N+](=O)[O-])cc1)NCCc1ccc(F)cc1. The first-order valence-electron chi connectivity index (χ1n) is 9.17. The van der Waals surface area contributed by atoms with Crippen molar-refractivity contribution in [2.24, 2.45) is 4.99 Å². The van der Waals surface area contributed by atoms with Crippen LogP contribution in [0.25, 0.3) is 0 Å². The zero-order chi connectivity index (χ0) is 22.0. The van der Waals surface area contributed by atoms with Crippen molar-refractivity contribution in [3.63, 3.8) is 0 Å². The minimum atomic E-state index is -3.28. The maximum atomic E-state index is 13.0. The number of guanidine groups is 1. The third-order valence-electron chi connectivity index (χ3n) is 3.97. The van der Waals surface area contributed by atoms with Gasteiger partial charge in [-0.1, -0.05) is 24.3 Å². The van der Waals surface area contributed by atoms with Crippen LogP contribution < -0.4 is 15.4 Å². The highest BCUT2D eigenvalue weighted by molar-refractivity contribution is 7.88. The summed E-state index contributed by atoms with van der Waals surface area (Å²) in [6.07, 6.45) is 1.72. The Balaban J connectivity index is 1.94. The van der Waals surface area contributed by atoms with E-state index in [-0.39, 0.29) is 24.6 Å². The molecule has 0 heterocycles. The van der Waals surface area contributed by atoms with Gasteiger partial charge in [0.05, 0.1) is 17.7 Å². The summed E-state index contributed by atoms with van der Waals surface area (Å²) in [4.78, 5) is 14.7. The van der Waals surface area contributed by atoms with E-state index in [1.165, 1.54) is 24.3 Å². The number of rotatable bonds is 10. The molecule has 0 bridgehead atoms. The number of hydrogen-bond donors (Lipinski definition) is 3. The van der Waals surface area contributed by atoms with E-state index >= 15 is 0 Å². The fraction of sp³-hybridized carbons (Fsp3) is 0.316. The summed E-state index contributed by atoms with van der Waals surface area (Å²) in [6, 6.07) is 12.3. The van der Waals surface area contributed by atoms with E-state index in [0.29, 0.717) is 25.5 Å². The molecule has 0 fully saturated rings. The Labute approximate surface area is 174 Å². The maximum absolute atomic E-state index is 13.0. The van der Waals surface area contributed by atoms with Crippen LogP contribution in [-0.4, -0.2) is 45.2 Å². The van der Waals surface area contributed by atoms with Gasteiger partial charge in [0.25, 0.3) is 5.69 Å². The minimum absolute atomic E-state index is 0.00495. The van der Waals surface area contributed by atoms with E-state index < -0.39 is 14.9 Å². The first kappa shape index (κ1) is 23.2. The molecule has 162 valence electrons. The molecule has 0 radical (unpaired) electrons. The summed E-state index contributed by atoms with van der Waals surface area (Å²) in [5, 5.41) is 16.9. The lowest BCUT2D eigenvalue weighted by Crippen LogP contribution is -2.42. The standard InChI is InChI=1S/C19H24FN5O4S/c1-30(28,29)24-13-12-22-19(21-11-10-15-2-6-17(20)7-3-15)23-14-16-4-8-18(9-5-16)25(26)27/h2-9,24H,10-14H2,1H3,(H2,21,22,23). The third kappa shape index (κ3) is 8.97. The van der Waals surface area contributed by atoms with Gasteiger partial charge in [-0.05, 0) is 29.7 Å². The normalized spacial score (nSPS) is 11.9. The number of nitrogens with one attached hydrogen (secondary N) is 3. The van der Waals surface area contributed by atoms with Gasteiger partial charge in [0, 0.05) is 31.8 Å². The molecular formula is C19H24FN5O4S. The quantitative estimate of drug-likeness (QED) is 0.170. The smallest absolute Gasteiger partial charge is 0.269 e. The molecule has 0 unspecified atom stereocenters. The molecule has 30 heavy (non-hydrogen) atoms. The number of nitrogens with zero attached hydrogens (tertiary/aromatic N) is 2. The number of hydrogen-bond acceptors (Lipinski definition) is 5. The zero-order valence-corrected chi connectivity index (χ0v) is 17.3. The fourth-order valence-electron chi connectivity index (χ4n) is 2.46. The van der Waals surface area contributed by atoms with E-state index in [9.17, 15) is 22.9 Å². The van der Waals surface area contributed by atoms with E-state index in [2.05, 4.69) is 20.3 Å². The molecule has 0 atom stereocenters. The van der Waals surface area contributed by atoms with Gasteiger partial charge in [0.15, 0.2) is 5.96 Å². The lowest BCUT2D eigenvalue weighted by atomic mass is 10.1. The highest BCUT2D eigenvalue weighted by atomic mass is 32.2. The number of non-ortho nitro benzene ring substituents is 1. The summed E-state index contributed by atoms with van der Waals surface area (Å²) in [6.45, 7) is 1.31. The summed E-state index contributed by atoms with van der Waals surface area (Å²) >= 11 is 0. The lowest BCUT2D eigenvalue weighted by molar-refractivity contribution is -0.384. The van der Waals surface area contributed by atoms with Crippen molar-refractivity contribution in [2.45, 2.75) is 13.0 Å². The largest absolute Gasteiger partial charge is 0.356 e. The molecule has 2 rings (SSSR count). The Bertz CT molecular complexity index is 963. The van der Waals surface area contributed by atoms with Gasteiger partial charge in [-0.15, -0.1) is 0 Å². The van der Waals surface area contributed by atoms with Crippen molar-refractivity contribution in [2.75, 3.05) is 25.9 Å². The molecule has 0 aliphatic rings. The Morgan fingerprint density at radius 1 is 1.00 bits per heavy atom. The van der Waals surface area contributed by atoms with Crippen molar-refractivity contribution < 1.29 is 17.7 Å². The number of nitro benzene ring substituents is 1. The molecule has 9 nitrogen and oxygen atoms in total. The number of aliphatic imine (C=N–C) groups is 1. The minimum Gasteiger partial charge on any atom is -0.356 e. The van der Waals surface area contributed by atoms with Crippen LogP contribution in [0.4, 0.5) is 10.1 Å². The predicted octanol–water partition coefficient (Wildman–Crippen LogP) is 1.56. The van der Waals surface area contributed by atoms with Crippen LogP contribution >= 0.6 is 0 Å². The van der Waals surface area contributed by atoms with E-state index in [0.717, 1.165) is 17.4 Å². The van der Waals surface area contributed by atoms with E-state index in [1.54, 1.807) is 24.3 Å². The van der Waals surface area contributed by atoms with Gasteiger partial charge in [-0.2, -0.15) is 0 Å². The Hall–Kier alpha value is -3.05. The van der Waals surface area contributed by atoms with Crippen molar-refractivity contribution in [3.8, 4) is 0 Å². The summed E-state index contributed by atoms with van der Waals surface area (Å²) in [5.74, 6) is 0.169. The number of sulfonamides is 1. The van der Waals surface area contributed by atoms with Gasteiger partial charge < -0.3 is 10.6 Å². The van der Waals surface area contributed by atoms with Crippen LogP contribution in [0.2, 0.25) is 0 Å². The molecule has 2 aromatic carbocycles. The van der Waals surface area contributed by atoms with Gasteiger partial charge >= 0.3 is 0 Å². The topological polar surface area (TPSA) is 126 Å². The second kappa shape index (κ2) is 11.2. The second-order valence-corrected chi connectivity index (χ2v) is 8.32. The van der Waals surface area contributed by atoms with Gasteiger partial charge in [-0.25, -0.2) is 22.5 Å². The third-order valence-corrected chi connectivity index (χ3v) is 4.70. The molecule has 0 saturated heterocycles. The Kier molecular flexibility index (Phi) is 8.69. The van der Waals surface area contributed by atoms with E-state index in [4.69, 9.17) is 0 Å². The monoisotopic (exact) mass is 437 g/mol. The predicted molar refractivity (Wildman–Crippen MR) is 113 cm³/mol. The van der Waals surface area contributed by atoms with Gasteiger partial charge in [0.1, 0.15) is 5.82 Å². The van der Waals surface area contributed by atoms with Crippen LogP contribution in [0.5, 0.6) is 0 Å². The molecular weight excluding hydrogens is 413 g/mol. The molecule has 0 spiro atoms. The molecule has 11 heteroatoms. The van der Waals surface area contributed by atoms with Crippen LogP contribution in [0, 0.1) is 15.9 Å². The average Bonchev–Trinajstić information content (AvgIpc) is 2.69. The summed E-state index contributed by atoms with van der Waals surface area (Å²) in [7, 11) is -3.28. The van der Waals surface area contributed by atoms with E-state index in [1.807, 2.05) is 0 Å². The molecule has 2 aromatic rings. The molecule has 3 N–H and O–H groups in total. The Morgan fingerprint density at radius 3 is 2.20 bits per heavy atom. The van der Waals surface area contributed by atoms with Crippen LogP contribution in [0.3, 0.4) is 0 Å². The lowest BCUT2D eigenvalue weighted by Gasteiger charge is -2.13. The Morgan fingerprint density at radius 2 is 1.60 bits per heavy atom. The molecule has 0 aliphatic heterocycles. The first-order chi connectivity index (χ1) is 14.2. The molecule has 0 aromatic heterocycles. The summed E-state index contributed by atoms with van der Waals surface area (Å²) in [5.41, 5.74) is 1.75. The maximum Gasteiger partial charge on any atom is 0.269 e. The molecule has 0 amide bonds. The first-order valence-corrected chi connectivity index (χ1v) is 11.1. The van der Waals surface area contributed by atoms with Gasteiger partial charge in [0.2, 0.25) is 10.0 Å². The van der Waals surface area contributed by atoms with Crippen LogP contribution in [0.1, 0.15) is 11.1 Å². The highest BCUT2D eigenvalue weighted by Gasteiger charge is 2.05. The second-order valence-electron chi connectivity index (χ2n) is 6.48. The fourth-order valence-corrected chi connectivity index (χ4v) is 2.93. The van der Waals surface area contributed by atoms with Crippen molar-refractivity contribution in [3.05, 3.63) is 75.6 Å². The van der Waals surface area contributed by atoms with Crippen LogP contribution in [-0.2, 0) is 23.0 Å².